The molecule has 0 aliphatic carbocycles. The summed E-state index contributed by atoms with van der Waals surface area (Å²) in [6.07, 6.45) is 0. The topological polar surface area (TPSA) is 154 Å². The summed E-state index contributed by atoms with van der Waals surface area (Å²) in [6, 6.07) is -1.22. The zero-order valence-electron chi connectivity index (χ0n) is 4.77. The molecule has 10 heavy (non-hydrogen) atoms. The second-order valence-corrected chi connectivity index (χ2v) is 2.00. The van der Waals surface area contributed by atoms with E-state index >= 15 is 0 Å². The van der Waals surface area contributed by atoms with E-state index in [1.807, 2.05) is 0 Å². The van der Waals surface area contributed by atoms with Crippen LogP contribution in [0.1, 0.15) is 0 Å². The van der Waals surface area contributed by atoms with Gasteiger partial charge in [0.05, 0.1) is 0 Å². The number of nitrogens with one attached hydrogen (secondary N) is 1. The molecule has 0 bridgehead atoms. The number of hydrogen-bond donors (Lipinski definition) is 4. The molecule has 2 amide bonds. The van der Waals surface area contributed by atoms with Crippen molar-refractivity contribution in [2.24, 2.45) is 5.73 Å². The third-order valence-electron chi connectivity index (χ3n) is 0.248. The highest BCUT2D eigenvalue weighted by atomic mass is 32.3. The third kappa shape index (κ3) is 10.2. The average molecular weight is 173 g/mol. The van der Waals surface area contributed by atoms with Crippen molar-refractivity contribution in [2.75, 3.05) is 0 Å². The van der Waals surface area contributed by atoms with Gasteiger partial charge < -0.3 is 11.9 Å². The predicted molar refractivity (Wildman–Crippen MR) is 30.4 cm³/mol. The van der Waals surface area contributed by atoms with Gasteiger partial charge in [0.1, 0.15) is 0 Å². The second-order valence-electron chi connectivity index (χ2n) is 0.977. The van der Waals surface area contributed by atoms with Gasteiger partial charge in [-0.2, -0.15) is 13.9 Å². The summed E-state index contributed by atoms with van der Waals surface area (Å²) >= 11 is 0. The van der Waals surface area contributed by atoms with E-state index in [1.54, 1.807) is 0 Å². The van der Waals surface area contributed by atoms with Crippen LogP contribution in [0.15, 0.2) is 0 Å². The smallest absolute Gasteiger partial charge is 0.350 e. The minimum Gasteiger partial charge on any atom is -0.350 e. The van der Waals surface area contributed by atoms with Crippen molar-refractivity contribution in [3.63, 3.8) is 0 Å². The summed E-state index contributed by atoms with van der Waals surface area (Å²) in [6.45, 7) is 0. The van der Waals surface area contributed by atoms with Crippen LogP contribution in [0.4, 0.5) is 4.79 Å². The van der Waals surface area contributed by atoms with Crippen molar-refractivity contribution < 1.29 is 22.0 Å². The molecule has 0 atom stereocenters. The van der Waals surface area contributed by atoms with Crippen LogP contribution in [0.3, 0.4) is 0 Å². The van der Waals surface area contributed by atoms with Gasteiger partial charge in [0.15, 0.2) is 0 Å². The van der Waals surface area contributed by atoms with Gasteiger partial charge in [0, 0.05) is 0 Å². The van der Waals surface area contributed by atoms with Crippen molar-refractivity contribution in [1.29, 1.82) is 0 Å². The van der Waals surface area contributed by atoms with Crippen molar-refractivity contribution in [2.45, 2.75) is 0 Å². The molecule has 0 aromatic rings. The highest BCUT2D eigenvalue weighted by Gasteiger charge is 2.04. The molecule has 8 nitrogen and oxygen atoms in total. The molecule has 0 aliphatic rings. The fraction of sp³-hybridized carbons (Fsp3) is 0. The van der Waals surface area contributed by atoms with Gasteiger partial charge >= 0.3 is 16.4 Å². The molecule has 0 saturated carbocycles. The first-order chi connectivity index (χ1) is 3.92. The quantitative estimate of drug-likeness (QED) is 0.296. The van der Waals surface area contributed by atoms with Gasteiger partial charge in [-0.05, 0) is 0 Å². The van der Waals surface area contributed by atoms with Crippen LogP contribution < -0.4 is 17.4 Å². The molecule has 0 fully saturated rings. The first-order valence-electron chi connectivity index (χ1n) is 1.63. The number of rotatable bonds is 2. The number of nitrogens with two attached hydrogens (primary N) is 1. The minimum atomic E-state index is -4.63. The molecule has 62 valence electrons. The zero-order valence-corrected chi connectivity index (χ0v) is 5.59. The van der Waals surface area contributed by atoms with Gasteiger partial charge in [0.2, 0.25) is 0 Å². The van der Waals surface area contributed by atoms with E-state index < -0.39 is 16.4 Å². The van der Waals surface area contributed by atoms with Crippen LogP contribution in [0, 0.1) is 0 Å². The molecule has 9 heteroatoms. The highest BCUT2D eigenvalue weighted by Crippen LogP contribution is 1.77. The maximum atomic E-state index is 9.66. The largest absolute Gasteiger partial charge is 0.418 e. The fourth-order valence-corrected chi connectivity index (χ4v) is 0.281. The van der Waals surface area contributed by atoms with Crippen molar-refractivity contribution in [3.8, 4) is 0 Å². The summed E-state index contributed by atoms with van der Waals surface area (Å²) in [4.78, 5) is 9.66. The standard InChI is InChI=1S/CH4N2O5S.H3N/c2-1(4)3-8-9(5,6)7;/h(H3,2,3,4)(H,5,6,7);1H3. The van der Waals surface area contributed by atoms with Gasteiger partial charge in [-0.25, -0.2) is 4.79 Å². The lowest BCUT2D eigenvalue weighted by Crippen LogP contribution is -2.31. The van der Waals surface area contributed by atoms with E-state index in [0.717, 1.165) is 0 Å². The lowest BCUT2D eigenvalue weighted by atomic mass is 11.2. The molecule has 0 aromatic carbocycles. The van der Waals surface area contributed by atoms with Crippen molar-refractivity contribution in [3.05, 3.63) is 0 Å². The van der Waals surface area contributed by atoms with E-state index in [1.165, 1.54) is 5.48 Å². The molecular weight excluding hydrogens is 166 g/mol. The minimum absolute atomic E-state index is 0. The molecule has 0 radical (unpaired) electrons. The van der Waals surface area contributed by atoms with Gasteiger partial charge in [-0.3, -0.25) is 4.55 Å². The third-order valence-corrected chi connectivity index (χ3v) is 0.542. The number of carbonyl (C=O) groups is 1. The monoisotopic (exact) mass is 173 g/mol. The van der Waals surface area contributed by atoms with Crippen molar-refractivity contribution >= 4 is 16.4 Å². The van der Waals surface area contributed by atoms with E-state index in [9.17, 15) is 13.2 Å². The number of amides is 2. The van der Waals surface area contributed by atoms with Crippen LogP contribution in [0.5, 0.6) is 0 Å². The van der Waals surface area contributed by atoms with E-state index in [0.29, 0.717) is 0 Å². The van der Waals surface area contributed by atoms with E-state index in [4.69, 9.17) is 4.55 Å². The summed E-state index contributed by atoms with van der Waals surface area (Å²) in [7, 11) is -4.63. The van der Waals surface area contributed by atoms with E-state index in [-0.39, 0.29) is 6.15 Å². The molecular formula is CH7N3O5S. The molecule has 0 spiro atoms. The zero-order chi connectivity index (χ0) is 7.49. The lowest BCUT2D eigenvalue weighted by Gasteiger charge is -1.94. The first kappa shape index (κ1) is 11.8. The molecule has 0 aromatic heterocycles. The molecule has 0 saturated heterocycles. The molecule has 0 heterocycles. The maximum Gasteiger partial charge on any atom is 0.418 e. The lowest BCUT2D eigenvalue weighted by molar-refractivity contribution is 0.173. The summed E-state index contributed by atoms with van der Waals surface area (Å²) < 4.78 is 30.2. The van der Waals surface area contributed by atoms with E-state index in [2.05, 4.69) is 10.0 Å². The predicted octanol–water partition coefficient (Wildman–Crippen LogP) is -1.45. The number of urea groups is 1. The SMILES string of the molecule is N.NC(=O)NOS(=O)(=O)O. The van der Waals surface area contributed by atoms with Gasteiger partial charge in [-0.15, -0.1) is 4.28 Å². The number of hydroxylamine groups is 1. The molecule has 7 N–H and O–H groups in total. The molecule has 0 unspecified atom stereocenters. The number of hydrogen-bond acceptors (Lipinski definition) is 5. The number of primary amides is 1. The Morgan fingerprint density at radius 3 is 2.10 bits per heavy atom. The normalized spacial score (nSPS) is 9.70. The molecule has 0 aliphatic heterocycles. The Labute approximate surface area is 56.8 Å². The van der Waals surface area contributed by atoms with Crippen LogP contribution in [-0.4, -0.2) is 19.0 Å². The Balaban J connectivity index is 0. The maximum absolute atomic E-state index is 9.66. The van der Waals surface area contributed by atoms with Gasteiger partial charge in [0.25, 0.3) is 0 Å². The Hall–Kier alpha value is -0.900. The Kier molecular flexibility index (Phi) is 4.74. The van der Waals surface area contributed by atoms with Crippen LogP contribution in [0.2, 0.25) is 0 Å². The first-order valence-corrected chi connectivity index (χ1v) is 2.99. The summed E-state index contributed by atoms with van der Waals surface area (Å²) in [5.41, 5.74) is 5.54. The Morgan fingerprint density at radius 1 is 1.60 bits per heavy atom. The van der Waals surface area contributed by atoms with Gasteiger partial charge in [-0.1, -0.05) is 0 Å². The van der Waals surface area contributed by atoms with Crippen LogP contribution >= 0.6 is 0 Å². The average Bonchev–Trinajstić information content (AvgIpc) is 1.59. The van der Waals surface area contributed by atoms with Crippen LogP contribution in [-0.2, 0) is 14.7 Å². The van der Waals surface area contributed by atoms with Crippen molar-refractivity contribution in [1.82, 2.24) is 11.6 Å². The second kappa shape index (κ2) is 4.00. The Bertz CT molecular complexity index is 195. The number of carbonyl (C=O) groups excluding carboxylic acids is 1. The summed E-state index contributed by atoms with van der Waals surface area (Å²) in [5.74, 6) is 0. The summed E-state index contributed by atoms with van der Waals surface area (Å²) in [5, 5.41) is 0. The fourth-order valence-electron chi connectivity index (χ4n) is 0.0937. The highest BCUT2D eigenvalue weighted by molar-refractivity contribution is 7.80. The Morgan fingerprint density at radius 2 is 2.00 bits per heavy atom. The van der Waals surface area contributed by atoms with Crippen LogP contribution in [0.25, 0.3) is 0 Å². The molecule has 0 rings (SSSR count).